The molecule has 1 aromatic carbocycles. The Bertz CT molecular complexity index is 460. The Morgan fingerprint density at radius 2 is 2.17 bits per heavy atom. The van der Waals surface area contributed by atoms with Gasteiger partial charge in [0.2, 0.25) is 0 Å². The molecular formula is C16H22O2. The first-order valence-electron chi connectivity index (χ1n) is 6.77. The third kappa shape index (κ3) is 2.29. The molecule has 2 heteroatoms. The van der Waals surface area contributed by atoms with Crippen LogP contribution in [0.25, 0.3) is 0 Å². The van der Waals surface area contributed by atoms with Gasteiger partial charge in [-0.15, -0.1) is 0 Å². The molecule has 18 heavy (non-hydrogen) atoms. The molecule has 0 aliphatic carbocycles. The molecule has 0 aromatic heterocycles. The van der Waals surface area contributed by atoms with Gasteiger partial charge in [0.25, 0.3) is 0 Å². The van der Waals surface area contributed by atoms with E-state index < -0.39 is 0 Å². The van der Waals surface area contributed by atoms with Gasteiger partial charge in [0.1, 0.15) is 5.75 Å². The minimum Gasteiger partial charge on any atom is -0.492 e. The summed E-state index contributed by atoms with van der Waals surface area (Å²) in [4.78, 5) is 12.3. The van der Waals surface area contributed by atoms with Crippen LogP contribution in [0.3, 0.4) is 0 Å². The van der Waals surface area contributed by atoms with E-state index in [1.807, 2.05) is 25.1 Å². The normalized spacial score (nSPS) is 18.0. The van der Waals surface area contributed by atoms with Gasteiger partial charge in [0.05, 0.1) is 6.61 Å². The molecular weight excluding hydrogens is 224 g/mol. The lowest BCUT2D eigenvalue weighted by molar-refractivity contribution is 0.0923. The lowest BCUT2D eigenvalue weighted by atomic mass is 9.84. The van der Waals surface area contributed by atoms with Gasteiger partial charge < -0.3 is 4.74 Å². The second-order valence-electron chi connectivity index (χ2n) is 5.94. The fourth-order valence-corrected chi connectivity index (χ4v) is 2.52. The van der Waals surface area contributed by atoms with E-state index in [9.17, 15) is 4.79 Å². The Kier molecular flexibility index (Phi) is 3.47. The first-order valence-corrected chi connectivity index (χ1v) is 6.77. The summed E-state index contributed by atoms with van der Waals surface area (Å²) in [7, 11) is 0. The summed E-state index contributed by atoms with van der Waals surface area (Å²) < 4.78 is 5.65. The van der Waals surface area contributed by atoms with Crippen LogP contribution in [0, 0.1) is 5.92 Å². The van der Waals surface area contributed by atoms with Crippen LogP contribution in [0.1, 0.15) is 56.5 Å². The molecule has 0 spiro atoms. The summed E-state index contributed by atoms with van der Waals surface area (Å²) in [5.74, 6) is 1.29. The van der Waals surface area contributed by atoms with Gasteiger partial charge in [-0.05, 0) is 24.6 Å². The molecule has 1 aliphatic rings. The maximum absolute atomic E-state index is 12.3. The molecule has 1 heterocycles. The first-order chi connectivity index (χ1) is 8.45. The van der Waals surface area contributed by atoms with E-state index >= 15 is 0 Å². The summed E-state index contributed by atoms with van der Waals surface area (Å²) in [5.41, 5.74) is 2.00. The Balaban J connectivity index is 2.29. The SMILES string of the molecule is CCCC(C)C(=O)c1ccc2c(c1)C(C)(C)CO2. The van der Waals surface area contributed by atoms with E-state index in [4.69, 9.17) is 4.74 Å². The Hall–Kier alpha value is -1.31. The summed E-state index contributed by atoms with van der Waals surface area (Å²) in [6.45, 7) is 9.14. The number of ether oxygens (including phenoxy) is 1. The van der Waals surface area contributed by atoms with Crippen molar-refractivity contribution in [2.45, 2.75) is 46.0 Å². The number of fused-ring (bicyclic) bond motifs is 1. The molecule has 0 amide bonds. The number of Topliss-reactive ketones (excluding diaryl/α,β-unsaturated/α-hetero) is 1. The zero-order chi connectivity index (χ0) is 13.3. The van der Waals surface area contributed by atoms with Crippen LogP contribution < -0.4 is 4.74 Å². The number of hydrogen-bond donors (Lipinski definition) is 0. The van der Waals surface area contributed by atoms with Gasteiger partial charge in [-0.25, -0.2) is 0 Å². The smallest absolute Gasteiger partial charge is 0.165 e. The average Bonchev–Trinajstić information content (AvgIpc) is 2.64. The maximum atomic E-state index is 12.3. The van der Waals surface area contributed by atoms with Crippen LogP contribution in [0.5, 0.6) is 5.75 Å². The lowest BCUT2D eigenvalue weighted by Crippen LogP contribution is -2.19. The van der Waals surface area contributed by atoms with E-state index in [1.54, 1.807) is 0 Å². The minimum atomic E-state index is 0.0135. The van der Waals surface area contributed by atoms with Gasteiger partial charge in [-0.3, -0.25) is 4.79 Å². The number of hydrogen-bond acceptors (Lipinski definition) is 2. The zero-order valence-corrected chi connectivity index (χ0v) is 11.7. The molecule has 0 radical (unpaired) electrons. The van der Waals surface area contributed by atoms with E-state index in [-0.39, 0.29) is 17.1 Å². The van der Waals surface area contributed by atoms with Crippen molar-refractivity contribution in [3.63, 3.8) is 0 Å². The van der Waals surface area contributed by atoms with Crippen molar-refractivity contribution >= 4 is 5.78 Å². The van der Waals surface area contributed by atoms with Crippen LogP contribution in [-0.4, -0.2) is 12.4 Å². The third-order valence-corrected chi connectivity index (χ3v) is 3.75. The Labute approximate surface area is 109 Å². The van der Waals surface area contributed by atoms with Crippen LogP contribution in [0.4, 0.5) is 0 Å². The zero-order valence-electron chi connectivity index (χ0n) is 11.7. The fourth-order valence-electron chi connectivity index (χ4n) is 2.52. The van der Waals surface area contributed by atoms with Gasteiger partial charge in [0, 0.05) is 22.5 Å². The van der Waals surface area contributed by atoms with Gasteiger partial charge in [0.15, 0.2) is 5.78 Å². The topological polar surface area (TPSA) is 26.3 Å². The lowest BCUT2D eigenvalue weighted by Gasteiger charge is -2.16. The molecule has 0 saturated heterocycles. The minimum absolute atomic E-state index is 0.0135. The summed E-state index contributed by atoms with van der Waals surface area (Å²) in [5, 5.41) is 0. The van der Waals surface area contributed by atoms with E-state index in [2.05, 4.69) is 20.8 Å². The average molecular weight is 246 g/mol. The highest BCUT2D eigenvalue weighted by molar-refractivity contribution is 5.98. The van der Waals surface area contributed by atoms with Crippen molar-refractivity contribution in [2.75, 3.05) is 6.61 Å². The molecule has 0 N–H and O–H groups in total. The van der Waals surface area contributed by atoms with Crippen molar-refractivity contribution in [2.24, 2.45) is 5.92 Å². The monoisotopic (exact) mass is 246 g/mol. The number of carbonyl (C=O) groups is 1. The highest BCUT2D eigenvalue weighted by Crippen LogP contribution is 2.39. The summed E-state index contributed by atoms with van der Waals surface area (Å²) in [6, 6.07) is 5.86. The first kappa shape index (κ1) is 13.1. The Morgan fingerprint density at radius 1 is 1.44 bits per heavy atom. The van der Waals surface area contributed by atoms with Crippen LogP contribution in [-0.2, 0) is 5.41 Å². The summed E-state index contributed by atoms with van der Waals surface area (Å²) in [6.07, 6.45) is 2.00. The molecule has 0 saturated carbocycles. The van der Waals surface area contributed by atoms with Crippen LogP contribution in [0.2, 0.25) is 0 Å². The fraction of sp³-hybridized carbons (Fsp3) is 0.562. The Morgan fingerprint density at radius 3 is 2.83 bits per heavy atom. The number of carbonyl (C=O) groups excluding carboxylic acids is 1. The predicted molar refractivity (Wildman–Crippen MR) is 73.4 cm³/mol. The third-order valence-electron chi connectivity index (χ3n) is 3.75. The molecule has 0 bridgehead atoms. The molecule has 2 nitrogen and oxygen atoms in total. The van der Waals surface area contributed by atoms with Crippen LogP contribution >= 0.6 is 0 Å². The standard InChI is InChI=1S/C16H22O2/c1-5-6-11(2)15(17)12-7-8-14-13(9-12)16(3,4)10-18-14/h7-9,11H,5-6,10H2,1-4H3. The predicted octanol–water partition coefficient (Wildman–Crippen LogP) is 3.98. The van der Waals surface area contributed by atoms with Crippen LogP contribution in [0.15, 0.2) is 18.2 Å². The van der Waals surface area contributed by atoms with Crippen molar-refractivity contribution < 1.29 is 9.53 Å². The molecule has 1 unspecified atom stereocenters. The largest absolute Gasteiger partial charge is 0.492 e. The number of benzene rings is 1. The quantitative estimate of drug-likeness (QED) is 0.751. The van der Waals surface area contributed by atoms with E-state index in [0.29, 0.717) is 6.61 Å². The molecule has 1 aromatic rings. The highest BCUT2D eigenvalue weighted by atomic mass is 16.5. The van der Waals surface area contributed by atoms with Crippen molar-refractivity contribution in [3.05, 3.63) is 29.3 Å². The summed E-state index contributed by atoms with van der Waals surface area (Å²) >= 11 is 0. The number of ketones is 1. The molecule has 1 atom stereocenters. The van der Waals surface area contributed by atoms with Gasteiger partial charge in [-0.1, -0.05) is 34.1 Å². The maximum Gasteiger partial charge on any atom is 0.165 e. The van der Waals surface area contributed by atoms with Crippen molar-refractivity contribution in [1.29, 1.82) is 0 Å². The number of rotatable bonds is 4. The van der Waals surface area contributed by atoms with Gasteiger partial charge in [-0.2, -0.15) is 0 Å². The second kappa shape index (κ2) is 4.75. The molecule has 2 rings (SSSR count). The highest BCUT2D eigenvalue weighted by Gasteiger charge is 2.32. The van der Waals surface area contributed by atoms with E-state index in [1.165, 1.54) is 0 Å². The molecule has 0 fully saturated rings. The molecule has 98 valence electrons. The van der Waals surface area contributed by atoms with Crippen molar-refractivity contribution in [1.82, 2.24) is 0 Å². The molecule has 1 aliphatic heterocycles. The van der Waals surface area contributed by atoms with Gasteiger partial charge >= 0.3 is 0 Å². The van der Waals surface area contributed by atoms with Crippen molar-refractivity contribution in [3.8, 4) is 5.75 Å². The second-order valence-corrected chi connectivity index (χ2v) is 5.94. The van der Waals surface area contributed by atoms with E-state index in [0.717, 1.165) is 29.7 Å².